The highest BCUT2D eigenvalue weighted by Gasteiger charge is 2.52. The van der Waals surface area contributed by atoms with Crippen LogP contribution in [0.2, 0.25) is 0 Å². The minimum Gasteiger partial charge on any atom is -0.458 e. The molecule has 3 heterocycles. The van der Waals surface area contributed by atoms with E-state index in [9.17, 15) is 35.6 Å². The number of imidazole rings is 1. The maximum Gasteiger partial charge on any atom is 0.269 e. The van der Waals surface area contributed by atoms with E-state index in [-0.39, 0.29) is 70.5 Å². The van der Waals surface area contributed by atoms with Crippen LogP contribution in [-0.4, -0.2) is 14.1 Å². The molecular weight excluding hydrogens is 1010 g/mol. The van der Waals surface area contributed by atoms with E-state index in [1.807, 2.05) is 53.1 Å². The van der Waals surface area contributed by atoms with Gasteiger partial charge in [-0.15, -0.1) is 0 Å². The van der Waals surface area contributed by atoms with Crippen molar-refractivity contribution in [3.05, 3.63) is 197 Å². The Morgan fingerprint density at radius 1 is 0.590 bits per heavy atom. The summed E-state index contributed by atoms with van der Waals surface area (Å²) in [6.45, 7) is -30.2. The van der Waals surface area contributed by atoms with Crippen LogP contribution in [0.5, 0.6) is 11.5 Å². The normalized spacial score (nSPS) is 33.1. The zero-order valence-electron chi connectivity index (χ0n) is 83.7. The van der Waals surface area contributed by atoms with Crippen LogP contribution in [0, 0.1) is 24.1 Å². The van der Waals surface area contributed by atoms with Crippen LogP contribution in [0.25, 0.3) is 72.3 Å². The molecule has 5 nitrogen and oxygen atoms in total. The molecule has 6 aliphatic carbocycles. The van der Waals surface area contributed by atoms with Gasteiger partial charge in [0.05, 0.1) is 41.7 Å². The largest absolute Gasteiger partial charge is 0.458 e. The van der Waals surface area contributed by atoms with Gasteiger partial charge in [-0.1, -0.05) is 173 Å². The van der Waals surface area contributed by atoms with Crippen molar-refractivity contribution >= 4 is 32.8 Å². The second-order valence-corrected chi connectivity index (χ2v) is 24.7. The van der Waals surface area contributed by atoms with Gasteiger partial charge in [0.15, 0.2) is 0 Å². The van der Waals surface area contributed by atoms with E-state index in [2.05, 4.69) is 27.1 Å². The first-order valence-electron chi connectivity index (χ1n) is 47.0. The lowest BCUT2D eigenvalue weighted by atomic mass is 9.48. The zero-order valence-corrected chi connectivity index (χ0v) is 45.7. The van der Waals surface area contributed by atoms with Gasteiger partial charge in [0.2, 0.25) is 0 Å². The Kier molecular flexibility index (Phi) is 5.74. The lowest BCUT2D eigenvalue weighted by molar-refractivity contribution is -0.571. The summed E-state index contributed by atoms with van der Waals surface area (Å²) in [4.78, 5) is 4.81. The van der Waals surface area contributed by atoms with Gasteiger partial charge in [0.1, 0.15) is 17.3 Å². The first-order chi connectivity index (χ1) is 55.2. The molecular formula is C78H82N4O. The number of hydrogen-bond donors (Lipinski definition) is 0. The molecule has 0 radical (unpaired) electrons. The predicted molar refractivity (Wildman–Crippen MR) is 342 cm³/mol. The molecule has 83 heavy (non-hydrogen) atoms. The molecule has 7 aromatic carbocycles. The molecule has 0 aliphatic heterocycles. The number of aromatic nitrogens is 4. The van der Waals surface area contributed by atoms with E-state index in [0.29, 0.717) is 36.3 Å². The summed E-state index contributed by atoms with van der Waals surface area (Å²) in [5.74, 6) is 0.768. The lowest BCUT2D eigenvalue weighted by Crippen LogP contribution is -2.48. The van der Waals surface area contributed by atoms with E-state index in [0.717, 1.165) is 26.4 Å². The first-order valence-corrected chi connectivity index (χ1v) is 28.0. The number of fused-ring (bicyclic) bond motifs is 6. The molecule has 0 N–H and O–H groups in total. The number of rotatable bonds is 8. The Balaban J connectivity index is 1.13. The highest BCUT2D eigenvalue weighted by atomic mass is 16.5. The van der Waals surface area contributed by atoms with Crippen LogP contribution in [0.3, 0.4) is 0 Å². The minimum absolute atomic E-state index is 0.0293. The number of hydrogen-bond acceptors (Lipinski definition) is 2. The number of ether oxygens (including phenoxy) is 1. The van der Waals surface area contributed by atoms with Gasteiger partial charge < -0.3 is 4.74 Å². The standard InChI is InChI=1S/C78H82N4O/c1-73(2,3)54-29-34-79-71(42-54)82-67-20-13-12-19-59(67)60-26-25-58(44-70(60)82)83-57-18-16-17-56(43-57)80-48-81(69-22-15-14-21-68(69)80)72-61(52-23-27-63-65(38-52)76(8,9)32-30-74(63,4)5)40-55(78-45-49-35-50(46-78)37-51(36-49)47-78)41-62(72)53-24-28-64-66(39-53)77(10,11)33-31-75(64,6)7/h12-29,34,38-44,49-51H,30-33,35-37,45-47H2,1-11H3/i4D3,5D3,6D3,7D3,8D3,9D3,10D3,11D3,23D,24D,27D,28D,30D2,31D2,32D2,33D2,38D,39D. The first kappa shape index (κ1) is 25.9. The molecule has 0 atom stereocenters. The summed E-state index contributed by atoms with van der Waals surface area (Å²) in [5.41, 5.74) is -29.8. The van der Waals surface area contributed by atoms with Gasteiger partial charge in [0, 0.05) is 66.9 Å². The predicted octanol–water partition coefficient (Wildman–Crippen LogP) is 19.8. The zero-order chi connectivity index (χ0) is 89.6. The Morgan fingerprint density at radius 3 is 1.77 bits per heavy atom. The maximum absolute atomic E-state index is 10.9. The molecule has 10 aromatic rings. The van der Waals surface area contributed by atoms with Gasteiger partial charge in [0.25, 0.3) is 6.33 Å². The Hall–Kier alpha value is -7.24. The Morgan fingerprint density at radius 2 is 1.16 bits per heavy atom. The number of pyridine rings is 1. The van der Waals surface area contributed by atoms with Crippen molar-refractivity contribution in [2.45, 2.75) is 172 Å². The quantitative estimate of drug-likeness (QED) is 0.112. The highest BCUT2D eigenvalue weighted by Crippen LogP contribution is 2.62. The van der Waals surface area contributed by atoms with Gasteiger partial charge in [-0.3, -0.25) is 13.7 Å². The lowest BCUT2D eigenvalue weighted by Gasteiger charge is -2.57. The summed E-state index contributed by atoms with van der Waals surface area (Å²) in [6.07, 6.45) is -11.5. The van der Waals surface area contributed by atoms with Crippen molar-refractivity contribution in [3.8, 4) is 50.9 Å². The van der Waals surface area contributed by atoms with Crippen LogP contribution in [-0.2, 0) is 32.5 Å². The molecule has 0 amide bonds. The number of nitrogens with zero attached hydrogens (tertiary/aromatic N) is 4. The maximum atomic E-state index is 10.9. The fraction of sp³-hybridized carbons (Fsp3) is 0.385. The SMILES string of the molecule is [2H]c1c([2H])c2c(c([2H])c1-c1cc(C34CC5CC(CC(C5)C3)C4)cc(-c3c([2H])c([2H])c4c(c3[2H])C(C([2H])([2H])[2H])(C([2H])([2H])[2H])C([2H])([2H])C([2H])([2H])C4(C([2H])([2H])[2H])C([2H])([2H])[2H])c1-[n+]1[c-]n(-c3cccc(Oc4ccc5c6ccccc6n(-c6cc(C(C)(C)C)ccn6)c5c4)c3)c3ccccc31)C(C([2H])([2H])[2H])(C([2H])([2H])[2H])C([2H])([2H])C([2H])([2H])C2(C([2H])([2H])[2H])C([2H])([2H])[2H]. The summed E-state index contributed by atoms with van der Waals surface area (Å²) in [5, 5.41) is 1.73. The van der Waals surface area contributed by atoms with E-state index < -0.39 is 194 Å². The second kappa shape index (κ2) is 18.4. The smallest absolute Gasteiger partial charge is 0.269 e. The number of benzene rings is 7. The Bertz CT molecular complexity index is 5690. The van der Waals surface area contributed by atoms with Gasteiger partial charge in [-0.05, 0) is 218 Å². The topological polar surface area (TPSA) is 35.9 Å². The molecule has 4 saturated carbocycles. The van der Waals surface area contributed by atoms with E-state index in [1.54, 1.807) is 42.6 Å². The third-order valence-electron chi connectivity index (χ3n) is 17.9. The number of para-hydroxylation sites is 3. The van der Waals surface area contributed by atoms with Crippen molar-refractivity contribution in [1.82, 2.24) is 14.1 Å². The molecule has 0 saturated heterocycles. The molecule has 5 heteroatoms. The van der Waals surface area contributed by atoms with E-state index >= 15 is 0 Å². The summed E-state index contributed by atoms with van der Waals surface area (Å²) < 4.78 is 374. The van der Waals surface area contributed by atoms with Crippen LogP contribution in [0.1, 0.15) is 225 Å². The molecule has 4 fully saturated rings. The molecule has 4 bridgehead atoms. The monoisotopic (exact) mass is 1130 g/mol. The summed E-state index contributed by atoms with van der Waals surface area (Å²) in [6, 6.07) is 21.8. The third kappa shape index (κ3) is 8.58. The van der Waals surface area contributed by atoms with Gasteiger partial charge in [-0.25, -0.2) is 4.98 Å². The molecule has 3 aromatic heterocycles. The fourth-order valence-corrected chi connectivity index (χ4v) is 14.4. The van der Waals surface area contributed by atoms with Crippen molar-refractivity contribution < 1.29 is 61.4 Å². The van der Waals surface area contributed by atoms with Crippen LogP contribution >= 0.6 is 0 Å². The van der Waals surface area contributed by atoms with Crippen molar-refractivity contribution in [1.29, 1.82) is 0 Å². The second-order valence-electron chi connectivity index (χ2n) is 24.7. The average molecular weight is 1130 g/mol. The fourth-order valence-electron chi connectivity index (χ4n) is 14.4. The molecule has 0 spiro atoms. The van der Waals surface area contributed by atoms with Gasteiger partial charge >= 0.3 is 0 Å². The minimum atomic E-state index is -4.85. The van der Waals surface area contributed by atoms with Crippen molar-refractivity contribution in [2.75, 3.05) is 0 Å². The summed E-state index contributed by atoms with van der Waals surface area (Å²) in [7, 11) is 0. The van der Waals surface area contributed by atoms with Crippen molar-refractivity contribution in [2.24, 2.45) is 17.8 Å². The van der Waals surface area contributed by atoms with E-state index in [1.165, 1.54) is 34.9 Å². The van der Waals surface area contributed by atoms with Crippen LogP contribution < -0.4 is 9.30 Å². The van der Waals surface area contributed by atoms with Gasteiger partial charge in [-0.2, -0.15) is 0 Å². The molecule has 420 valence electrons. The summed E-state index contributed by atoms with van der Waals surface area (Å²) >= 11 is 0. The average Bonchev–Trinajstić information content (AvgIpc) is 0.673. The van der Waals surface area contributed by atoms with Crippen LogP contribution in [0.15, 0.2) is 158 Å². The van der Waals surface area contributed by atoms with E-state index in [4.69, 9.17) is 26.2 Å². The molecule has 6 aliphatic rings. The van der Waals surface area contributed by atoms with Crippen molar-refractivity contribution in [3.63, 3.8) is 0 Å². The van der Waals surface area contributed by atoms with Crippen LogP contribution in [0.4, 0.5) is 0 Å². The molecule has 0 unspecified atom stereocenters. The highest BCUT2D eigenvalue weighted by molar-refractivity contribution is 6.09. The molecule has 16 rings (SSSR count). The Labute approximate surface area is 546 Å². The third-order valence-corrected chi connectivity index (χ3v) is 17.9.